The second kappa shape index (κ2) is 8.88. The molecule has 0 heterocycles. The van der Waals surface area contributed by atoms with Crippen molar-refractivity contribution in [3.63, 3.8) is 0 Å². The first-order valence-electron chi connectivity index (χ1n) is 6.60. The van der Waals surface area contributed by atoms with Gasteiger partial charge >= 0.3 is 7.12 Å². The van der Waals surface area contributed by atoms with Gasteiger partial charge in [0.1, 0.15) is 0 Å². The van der Waals surface area contributed by atoms with Crippen molar-refractivity contribution in [2.75, 3.05) is 19.6 Å². The summed E-state index contributed by atoms with van der Waals surface area (Å²) in [4.78, 5) is 0. The van der Waals surface area contributed by atoms with Crippen LogP contribution in [0.3, 0.4) is 0 Å². The van der Waals surface area contributed by atoms with Crippen LogP contribution in [-0.2, 0) is 6.54 Å². The number of rotatable bonds is 9. The second-order valence-electron chi connectivity index (χ2n) is 4.78. The summed E-state index contributed by atoms with van der Waals surface area (Å²) < 4.78 is 0. The molecule has 0 aliphatic rings. The Kier molecular flexibility index (Phi) is 7.44. The maximum absolute atomic E-state index is 8.98. The maximum Gasteiger partial charge on any atom is 0.488 e. The van der Waals surface area contributed by atoms with Crippen LogP contribution in [-0.4, -0.2) is 36.8 Å². The Balaban J connectivity index is 2.10. The largest absolute Gasteiger partial charge is 0.488 e. The minimum absolute atomic E-state index is 0.521. The van der Waals surface area contributed by atoms with Gasteiger partial charge in [0.25, 0.3) is 0 Å². The third-order valence-corrected chi connectivity index (χ3v) is 2.74. The van der Waals surface area contributed by atoms with Gasteiger partial charge in [0.15, 0.2) is 0 Å². The molecule has 0 fully saturated rings. The van der Waals surface area contributed by atoms with Crippen LogP contribution in [0, 0.1) is 0 Å². The average molecular weight is 262 g/mol. The summed E-state index contributed by atoms with van der Waals surface area (Å²) in [6.07, 6.45) is 1.07. The van der Waals surface area contributed by atoms with E-state index >= 15 is 0 Å². The predicted octanol–water partition coefficient (Wildman–Crippen LogP) is 0.0118. The lowest BCUT2D eigenvalue weighted by atomic mass is 9.80. The molecule has 0 radical (unpaired) electrons. The Bertz CT molecular complexity index is 380. The molecule has 4 nitrogen and oxygen atoms in total. The monoisotopic (exact) mass is 262 g/mol. The summed E-state index contributed by atoms with van der Waals surface area (Å²) in [6.45, 7) is 9.45. The third-order valence-electron chi connectivity index (χ3n) is 2.74. The van der Waals surface area contributed by atoms with E-state index in [4.69, 9.17) is 10.0 Å². The summed E-state index contributed by atoms with van der Waals surface area (Å²) in [6, 6.07) is 7.27. The van der Waals surface area contributed by atoms with Crippen molar-refractivity contribution in [2.45, 2.75) is 19.9 Å². The van der Waals surface area contributed by atoms with Gasteiger partial charge in [-0.3, -0.25) is 0 Å². The molecule has 104 valence electrons. The Hall–Kier alpha value is -1.14. The van der Waals surface area contributed by atoms with E-state index in [1.54, 1.807) is 12.1 Å². The highest BCUT2D eigenvalue weighted by Gasteiger charge is 2.09. The van der Waals surface area contributed by atoms with E-state index in [0.29, 0.717) is 5.46 Å². The zero-order valence-electron chi connectivity index (χ0n) is 11.5. The zero-order chi connectivity index (χ0) is 14.1. The maximum atomic E-state index is 8.98. The summed E-state index contributed by atoms with van der Waals surface area (Å²) >= 11 is 0. The van der Waals surface area contributed by atoms with Crippen molar-refractivity contribution in [2.24, 2.45) is 0 Å². The van der Waals surface area contributed by atoms with E-state index in [-0.39, 0.29) is 0 Å². The van der Waals surface area contributed by atoms with Crippen LogP contribution in [0.2, 0.25) is 0 Å². The Morgan fingerprint density at radius 3 is 2.37 bits per heavy atom. The molecule has 0 amide bonds. The van der Waals surface area contributed by atoms with Crippen molar-refractivity contribution in [3.05, 3.63) is 42.0 Å². The summed E-state index contributed by atoms with van der Waals surface area (Å²) in [5.74, 6) is 0. The number of hydrogen-bond acceptors (Lipinski definition) is 4. The highest BCUT2D eigenvalue weighted by atomic mass is 16.4. The van der Waals surface area contributed by atoms with Crippen molar-refractivity contribution >= 4 is 12.6 Å². The van der Waals surface area contributed by atoms with Gasteiger partial charge in [0, 0.05) is 13.1 Å². The van der Waals surface area contributed by atoms with E-state index in [0.717, 1.165) is 43.7 Å². The van der Waals surface area contributed by atoms with E-state index in [2.05, 4.69) is 17.2 Å². The highest BCUT2D eigenvalue weighted by Crippen LogP contribution is 1.96. The fraction of sp³-hybridized carbons (Fsp3) is 0.429. The molecule has 0 saturated carbocycles. The molecular weight excluding hydrogens is 239 g/mol. The molecule has 0 aliphatic carbocycles. The van der Waals surface area contributed by atoms with E-state index in [1.807, 2.05) is 19.1 Å². The molecule has 0 aromatic heterocycles. The van der Waals surface area contributed by atoms with E-state index in [1.165, 1.54) is 0 Å². The normalized spacial score (nSPS) is 10.5. The molecule has 1 aromatic rings. The van der Waals surface area contributed by atoms with Gasteiger partial charge in [0.05, 0.1) is 0 Å². The SMILES string of the molecule is C=C(C)CNCCCNCc1ccc(B(O)O)cc1. The molecule has 0 spiro atoms. The van der Waals surface area contributed by atoms with Gasteiger partial charge in [-0.1, -0.05) is 36.4 Å². The molecular formula is C14H23BN2O2. The summed E-state index contributed by atoms with van der Waals surface area (Å²) in [5.41, 5.74) is 2.81. The topological polar surface area (TPSA) is 64.5 Å². The van der Waals surface area contributed by atoms with Gasteiger partial charge in [-0.05, 0) is 37.5 Å². The van der Waals surface area contributed by atoms with Gasteiger partial charge in [-0.25, -0.2) is 0 Å². The number of nitrogens with one attached hydrogen (secondary N) is 2. The fourth-order valence-electron chi connectivity index (χ4n) is 1.68. The first-order valence-corrected chi connectivity index (χ1v) is 6.60. The minimum Gasteiger partial charge on any atom is -0.423 e. The molecule has 4 N–H and O–H groups in total. The van der Waals surface area contributed by atoms with Gasteiger partial charge in [0.2, 0.25) is 0 Å². The minimum atomic E-state index is -1.39. The van der Waals surface area contributed by atoms with Crippen LogP contribution in [0.15, 0.2) is 36.4 Å². The molecule has 0 saturated heterocycles. The van der Waals surface area contributed by atoms with Crippen molar-refractivity contribution < 1.29 is 10.0 Å². The van der Waals surface area contributed by atoms with E-state index in [9.17, 15) is 0 Å². The smallest absolute Gasteiger partial charge is 0.423 e. The van der Waals surface area contributed by atoms with Crippen molar-refractivity contribution in [3.8, 4) is 0 Å². The summed E-state index contributed by atoms with van der Waals surface area (Å²) in [7, 11) is -1.39. The lowest BCUT2D eigenvalue weighted by molar-refractivity contribution is 0.426. The molecule has 0 aliphatic heterocycles. The lowest BCUT2D eigenvalue weighted by Gasteiger charge is -2.07. The molecule has 1 rings (SSSR count). The van der Waals surface area contributed by atoms with Gasteiger partial charge < -0.3 is 20.7 Å². The van der Waals surface area contributed by atoms with Crippen LogP contribution in [0.1, 0.15) is 18.9 Å². The zero-order valence-corrected chi connectivity index (χ0v) is 11.5. The molecule has 1 aromatic carbocycles. The first kappa shape index (κ1) is 15.9. The molecule has 0 unspecified atom stereocenters. The van der Waals surface area contributed by atoms with Crippen molar-refractivity contribution in [1.29, 1.82) is 0 Å². The summed E-state index contributed by atoms with van der Waals surface area (Å²) in [5, 5.41) is 24.6. The highest BCUT2D eigenvalue weighted by molar-refractivity contribution is 6.58. The first-order chi connectivity index (χ1) is 9.09. The van der Waals surface area contributed by atoms with Crippen LogP contribution >= 0.6 is 0 Å². The second-order valence-corrected chi connectivity index (χ2v) is 4.78. The Labute approximate surface area is 115 Å². The quantitative estimate of drug-likeness (QED) is 0.288. The average Bonchev–Trinajstić information content (AvgIpc) is 2.38. The number of hydrogen-bond donors (Lipinski definition) is 4. The molecule has 0 atom stereocenters. The molecule has 0 bridgehead atoms. The molecule has 19 heavy (non-hydrogen) atoms. The fourth-order valence-corrected chi connectivity index (χ4v) is 1.68. The standard InChI is InChI=1S/C14H23BN2O2/c1-12(2)10-16-8-3-9-17-11-13-4-6-14(7-5-13)15(18)19/h4-7,16-19H,1,3,8-11H2,2H3. The van der Waals surface area contributed by atoms with Crippen LogP contribution < -0.4 is 16.1 Å². The van der Waals surface area contributed by atoms with E-state index < -0.39 is 7.12 Å². The van der Waals surface area contributed by atoms with Crippen LogP contribution in [0.4, 0.5) is 0 Å². The lowest BCUT2D eigenvalue weighted by Crippen LogP contribution is -2.29. The van der Waals surface area contributed by atoms with Gasteiger partial charge in [-0.15, -0.1) is 0 Å². The predicted molar refractivity (Wildman–Crippen MR) is 80.3 cm³/mol. The van der Waals surface area contributed by atoms with Crippen molar-refractivity contribution in [1.82, 2.24) is 10.6 Å². The third kappa shape index (κ3) is 7.13. The molecule has 5 heteroatoms. The number of benzene rings is 1. The van der Waals surface area contributed by atoms with Gasteiger partial charge in [-0.2, -0.15) is 0 Å². The van der Waals surface area contributed by atoms with Crippen LogP contribution in [0.25, 0.3) is 0 Å². The van der Waals surface area contributed by atoms with Crippen LogP contribution in [0.5, 0.6) is 0 Å². The Morgan fingerprint density at radius 1 is 1.16 bits per heavy atom. The Morgan fingerprint density at radius 2 is 1.79 bits per heavy atom.